The molecular weight excluding hydrogens is 324 g/mol. The van der Waals surface area contributed by atoms with Crippen LogP contribution in [0.15, 0.2) is 48.5 Å². The minimum atomic E-state index is -0.396. The first-order valence-corrected chi connectivity index (χ1v) is 8.33. The van der Waals surface area contributed by atoms with Crippen molar-refractivity contribution < 1.29 is 18.4 Å². The molecule has 2 unspecified atom stereocenters. The molecule has 0 aliphatic carbocycles. The molecule has 0 spiro atoms. The highest BCUT2D eigenvalue weighted by molar-refractivity contribution is 5.99. The Kier molecular flexibility index (Phi) is 4.93. The number of halogens is 2. The van der Waals surface area contributed by atoms with Gasteiger partial charge >= 0.3 is 0 Å². The molecule has 5 heteroatoms. The van der Waals surface area contributed by atoms with E-state index in [0.29, 0.717) is 24.1 Å². The first-order valence-electron chi connectivity index (χ1n) is 8.33. The van der Waals surface area contributed by atoms with E-state index in [-0.39, 0.29) is 29.5 Å². The van der Waals surface area contributed by atoms with Gasteiger partial charge in [-0.2, -0.15) is 0 Å². The van der Waals surface area contributed by atoms with Gasteiger partial charge in [0.15, 0.2) is 5.78 Å². The van der Waals surface area contributed by atoms with E-state index in [9.17, 15) is 18.4 Å². The third-order valence-corrected chi connectivity index (χ3v) is 4.81. The van der Waals surface area contributed by atoms with Crippen molar-refractivity contribution in [2.24, 2.45) is 5.92 Å². The standard InChI is InChI=1S/C20H19F2NO2/c1-13-18(19(24)14-4-8-16(21)9-5-14)3-2-12-23(13)20(25)15-6-10-17(22)11-7-15/h4-11,13,18H,2-3,12H2,1H3. The van der Waals surface area contributed by atoms with Crippen LogP contribution in [0, 0.1) is 17.6 Å². The Hall–Kier alpha value is -2.56. The number of carbonyl (C=O) groups excluding carboxylic acids is 2. The molecular formula is C20H19F2NO2. The lowest BCUT2D eigenvalue weighted by Crippen LogP contribution is -2.49. The SMILES string of the molecule is CC1C(C(=O)c2ccc(F)cc2)CCCN1C(=O)c1ccc(F)cc1. The fourth-order valence-electron chi connectivity index (χ4n) is 3.37. The summed E-state index contributed by atoms with van der Waals surface area (Å²) >= 11 is 0. The van der Waals surface area contributed by atoms with Gasteiger partial charge < -0.3 is 4.90 Å². The Morgan fingerprint density at radius 3 is 2.00 bits per heavy atom. The number of piperidine rings is 1. The summed E-state index contributed by atoms with van der Waals surface area (Å²) in [5.74, 6) is -1.40. The maximum atomic E-state index is 13.1. The summed E-state index contributed by atoms with van der Waals surface area (Å²) < 4.78 is 26.1. The highest BCUT2D eigenvalue weighted by atomic mass is 19.1. The molecule has 3 rings (SSSR count). The van der Waals surface area contributed by atoms with E-state index in [0.717, 1.165) is 6.42 Å². The molecule has 1 fully saturated rings. The van der Waals surface area contributed by atoms with Crippen LogP contribution in [0.1, 0.15) is 40.5 Å². The molecule has 1 aliphatic rings. The van der Waals surface area contributed by atoms with Crippen molar-refractivity contribution in [2.45, 2.75) is 25.8 Å². The highest BCUT2D eigenvalue weighted by Crippen LogP contribution is 2.28. The maximum absolute atomic E-state index is 13.1. The van der Waals surface area contributed by atoms with Crippen LogP contribution in [0.2, 0.25) is 0 Å². The molecule has 0 radical (unpaired) electrons. The molecule has 0 aromatic heterocycles. The van der Waals surface area contributed by atoms with E-state index < -0.39 is 5.82 Å². The number of ketones is 1. The Balaban J connectivity index is 1.79. The summed E-state index contributed by atoms with van der Waals surface area (Å²) in [5.41, 5.74) is 0.859. The summed E-state index contributed by atoms with van der Waals surface area (Å²) in [7, 11) is 0. The molecule has 0 bridgehead atoms. The van der Waals surface area contributed by atoms with Crippen molar-refractivity contribution in [3.63, 3.8) is 0 Å². The van der Waals surface area contributed by atoms with Crippen LogP contribution in [0.4, 0.5) is 8.78 Å². The molecule has 1 aliphatic heterocycles. The molecule has 2 aromatic carbocycles. The van der Waals surface area contributed by atoms with Gasteiger partial charge in [-0.05, 0) is 68.3 Å². The smallest absolute Gasteiger partial charge is 0.254 e. The zero-order valence-electron chi connectivity index (χ0n) is 13.9. The Labute approximate surface area is 145 Å². The molecule has 0 saturated carbocycles. The van der Waals surface area contributed by atoms with Gasteiger partial charge in [0.1, 0.15) is 11.6 Å². The quantitative estimate of drug-likeness (QED) is 0.787. The van der Waals surface area contributed by atoms with Gasteiger partial charge in [-0.15, -0.1) is 0 Å². The van der Waals surface area contributed by atoms with Gasteiger partial charge in [-0.25, -0.2) is 8.78 Å². The lowest BCUT2D eigenvalue weighted by molar-refractivity contribution is 0.0497. The molecule has 1 heterocycles. The Bertz CT molecular complexity index is 706. The first-order chi connectivity index (χ1) is 12.0. The predicted molar refractivity (Wildman–Crippen MR) is 90.4 cm³/mol. The van der Waals surface area contributed by atoms with Gasteiger partial charge in [-0.1, -0.05) is 0 Å². The van der Waals surface area contributed by atoms with Crippen LogP contribution in [0.5, 0.6) is 0 Å². The molecule has 2 atom stereocenters. The molecule has 130 valence electrons. The third kappa shape index (κ3) is 3.60. The van der Waals surface area contributed by atoms with E-state index in [1.165, 1.54) is 48.5 Å². The predicted octanol–water partition coefficient (Wildman–Crippen LogP) is 4.09. The fourth-order valence-corrected chi connectivity index (χ4v) is 3.37. The average Bonchev–Trinajstić information content (AvgIpc) is 2.62. The van der Waals surface area contributed by atoms with Gasteiger partial charge in [0.2, 0.25) is 0 Å². The fraction of sp³-hybridized carbons (Fsp3) is 0.300. The number of benzene rings is 2. The van der Waals surface area contributed by atoms with Gasteiger partial charge in [-0.3, -0.25) is 9.59 Å². The zero-order chi connectivity index (χ0) is 18.0. The number of likely N-dealkylation sites (tertiary alicyclic amines) is 1. The Morgan fingerprint density at radius 1 is 0.920 bits per heavy atom. The number of hydrogen-bond acceptors (Lipinski definition) is 2. The largest absolute Gasteiger partial charge is 0.335 e. The van der Waals surface area contributed by atoms with Gasteiger partial charge in [0, 0.05) is 29.6 Å². The van der Waals surface area contributed by atoms with Crippen LogP contribution in [-0.4, -0.2) is 29.2 Å². The molecule has 2 aromatic rings. The van der Waals surface area contributed by atoms with Crippen LogP contribution in [-0.2, 0) is 0 Å². The summed E-state index contributed by atoms with van der Waals surface area (Å²) in [5, 5.41) is 0. The van der Waals surface area contributed by atoms with Crippen LogP contribution in [0.3, 0.4) is 0 Å². The molecule has 0 N–H and O–H groups in total. The van der Waals surface area contributed by atoms with E-state index in [2.05, 4.69) is 0 Å². The average molecular weight is 343 g/mol. The van der Waals surface area contributed by atoms with Crippen LogP contribution in [0.25, 0.3) is 0 Å². The van der Waals surface area contributed by atoms with Gasteiger partial charge in [0.25, 0.3) is 5.91 Å². The monoisotopic (exact) mass is 343 g/mol. The van der Waals surface area contributed by atoms with Crippen LogP contribution < -0.4 is 0 Å². The second-order valence-corrected chi connectivity index (χ2v) is 6.37. The second-order valence-electron chi connectivity index (χ2n) is 6.37. The number of carbonyl (C=O) groups is 2. The van der Waals surface area contributed by atoms with Crippen molar-refractivity contribution in [3.05, 3.63) is 71.3 Å². The number of Topliss-reactive ketones (excluding diaryl/α,β-unsaturated/α-hetero) is 1. The number of nitrogens with zero attached hydrogens (tertiary/aromatic N) is 1. The van der Waals surface area contributed by atoms with E-state index in [1.807, 2.05) is 6.92 Å². The molecule has 1 saturated heterocycles. The summed E-state index contributed by atoms with van der Waals surface area (Å²) in [6.45, 7) is 2.41. The topological polar surface area (TPSA) is 37.4 Å². The van der Waals surface area contributed by atoms with Crippen molar-refractivity contribution in [1.82, 2.24) is 4.90 Å². The van der Waals surface area contributed by atoms with Crippen molar-refractivity contribution in [2.75, 3.05) is 6.54 Å². The van der Waals surface area contributed by atoms with Gasteiger partial charge in [0.05, 0.1) is 0 Å². The molecule has 25 heavy (non-hydrogen) atoms. The van der Waals surface area contributed by atoms with Crippen molar-refractivity contribution >= 4 is 11.7 Å². The third-order valence-electron chi connectivity index (χ3n) is 4.81. The first kappa shape index (κ1) is 17.3. The van der Waals surface area contributed by atoms with Crippen LogP contribution >= 0.6 is 0 Å². The minimum absolute atomic E-state index is 0.0795. The normalized spacial score (nSPS) is 20.4. The molecule has 3 nitrogen and oxygen atoms in total. The summed E-state index contributed by atoms with van der Waals surface area (Å²) in [4.78, 5) is 27.1. The number of hydrogen-bond donors (Lipinski definition) is 0. The lowest BCUT2D eigenvalue weighted by Gasteiger charge is -2.38. The maximum Gasteiger partial charge on any atom is 0.254 e. The Morgan fingerprint density at radius 2 is 1.44 bits per heavy atom. The number of amides is 1. The minimum Gasteiger partial charge on any atom is -0.335 e. The van der Waals surface area contributed by atoms with E-state index in [1.54, 1.807) is 4.90 Å². The summed E-state index contributed by atoms with van der Waals surface area (Å²) in [6, 6.07) is 10.6. The second kappa shape index (κ2) is 7.13. The van der Waals surface area contributed by atoms with E-state index >= 15 is 0 Å². The van der Waals surface area contributed by atoms with Crippen molar-refractivity contribution in [1.29, 1.82) is 0 Å². The zero-order valence-corrected chi connectivity index (χ0v) is 13.9. The number of rotatable bonds is 3. The highest BCUT2D eigenvalue weighted by Gasteiger charge is 2.36. The lowest BCUT2D eigenvalue weighted by atomic mass is 9.83. The van der Waals surface area contributed by atoms with E-state index in [4.69, 9.17) is 0 Å². The summed E-state index contributed by atoms with van der Waals surface area (Å²) in [6.07, 6.45) is 1.40. The molecule has 1 amide bonds. The van der Waals surface area contributed by atoms with Crippen molar-refractivity contribution in [3.8, 4) is 0 Å².